The number of nitrogen functional groups attached to an aromatic ring is 1. The Hall–Kier alpha value is -3.98. The summed E-state index contributed by atoms with van der Waals surface area (Å²) >= 11 is 0. The highest BCUT2D eigenvalue weighted by Crippen LogP contribution is 2.28. The predicted octanol–water partition coefficient (Wildman–Crippen LogP) is 2.69. The third-order valence-electron chi connectivity index (χ3n) is 5.39. The van der Waals surface area contributed by atoms with Gasteiger partial charge in [-0.15, -0.1) is 0 Å². The van der Waals surface area contributed by atoms with Crippen LogP contribution in [0.4, 0.5) is 5.82 Å². The van der Waals surface area contributed by atoms with Gasteiger partial charge in [-0.3, -0.25) is 9.69 Å². The first-order valence-electron chi connectivity index (χ1n) is 9.86. The van der Waals surface area contributed by atoms with Gasteiger partial charge < -0.3 is 15.4 Å². The van der Waals surface area contributed by atoms with E-state index in [1.807, 2.05) is 54.6 Å². The van der Waals surface area contributed by atoms with Crippen LogP contribution in [0.1, 0.15) is 5.56 Å². The second-order valence-electron chi connectivity index (χ2n) is 7.54. The normalized spacial score (nSPS) is 14.5. The van der Waals surface area contributed by atoms with Crippen LogP contribution in [-0.4, -0.2) is 49.0 Å². The minimum atomic E-state index is -0.727. The first-order valence-corrected chi connectivity index (χ1v) is 9.86. The molecule has 3 N–H and O–H groups in total. The third kappa shape index (κ3) is 3.66. The molecule has 0 radical (unpaired) electrons. The number of anilines is 1. The quantitative estimate of drug-likeness (QED) is 0.492. The number of rotatable bonds is 6. The number of carboxylic acids is 1. The van der Waals surface area contributed by atoms with Crippen LogP contribution in [0.5, 0.6) is 0 Å². The highest BCUT2D eigenvalue weighted by molar-refractivity contribution is 5.71. The van der Waals surface area contributed by atoms with E-state index in [1.165, 1.54) is 0 Å². The summed E-state index contributed by atoms with van der Waals surface area (Å²) in [5, 5.41) is 17.4. The lowest BCUT2D eigenvalue weighted by Gasteiger charge is -2.36. The molecule has 3 heterocycles. The van der Waals surface area contributed by atoms with E-state index in [2.05, 4.69) is 20.1 Å². The fourth-order valence-electron chi connectivity index (χ4n) is 3.62. The van der Waals surface area contributed by atoms with Crippen LogP contribution in [0.2, 0.25) is 0 Å². The first-order chi connectivity index (χ1) is 15.1. The van der Waals surface area contributed by atoms with Gasteiger partial charge in [0.25, 0.3) is 5.89 Å². The molecule has 9 nitrogen and oxygen atoms in total. The first kappa shape index (κ1) is 19.0. The number of likely N-dealkylation sites (tertiary alicyclic amines) is 1. The number of nitrogens with two attached hydrogens (primary N) is 1. The van der Waals surface area contributed by atoms with Gasteiger partial charge in [0.2, 0.25) is 5.82 Å². The summed E-state index contributed by atoms with van der Waals surface area (Å²) < 4.78 is 7.06. The molecule has 9 heteroatoms. The average Bonchev–Trinajstić information content (AvgIpc) is 3.38. The minimum Gasteiger partial charge on any atom is -0.481 e. The Bertz CT molecular complexity index is 1210. The van der Waals surface area contributed by atoms with Gasteiger partial charge >= 0.3 is 5.97 Å². The molecule has 0 saturated carbocycles. The van der Waals surface area contributed by atoms with Crippen LogP contribution < -0.4 is 5.73 Å². The Morgan fingerprint density at radius 1 is 1.13 bits per heavy atom. The molecule has 31 heavy (non-hydrogen) atoms. The number of aromatic nitrogens is 4. The topological polar surface area (TPSA) is 123 Å². The summed E-state index contributed by atoms with van der Waals surface area (Å²) in [5.74, 6) is 0.207. The molecule has 2 aromatic heterocycles. The molecular formula is C22H20N6O3. The summed E-state index contributed by atoms with van der Waals surface area (Å²) in [5.41, 5.74) is 9.60. The van der Waals surface area contributed by atoms with Gasteiger partial charge in [0, 0.05) is 25.2 Å². The van der Waals surface area contributed by atoms with Crippen LogP contribution in [0.25, 0.3) is 28.5 Å². The van der Waals surface area contributed by atoms with Crippen molar-refractivity contribution in [1.29, 1.82) is 0 Å². The number of carbonyl (C=O) groups is 1. The van der Waals surface area contributed by atoms with Gasteiger partial charge in [-0.25, -0.2) is 4.68 Å². The summed E-state index contributed by atoms with van der Waals surface area (Å²) in [6.45, 7) is 1.89. The minimum absolute atomic E-state index is 0.254. The summed E-state index contributed by atoms with van der Waals surface area (Å²) in [4.78, 5) is 17.5. The SMILES string of the molecule is Nc1c(-c2nc(-c3ccc(CN4CC(C(=O)O)C4)cc3)no2)cnn1-c1ccccc1. The molecule has 0 aliphatic carbocycles. The van der Waals surface area contributed by atoms with Crippen LogP contribution in [0, 0.1) is 5.92 Å². The number of hydrogen-bond acceptors (Lipinski definition) is 7. The maximum absolute atomic E-state index is 10.9. The predicted molar refractivity (Wildman–Crippen MR) is 113 cm³/mol. The van der Waals surface area contributed by atoms with Crippen molar-refractivity contribution in [3.8, 4) is 28.5 Å². The maximum Gasteiger partial charge on any atom is 0.309 e. The molecule has 0 unspecified atom stereocenters. The number of benzene rings is 2. The summed E-state index contributed by atoms with van der Waals surface area (Å²) in [6, 6.07) is 17.4. The highest BCUT2D eigenvalue weighted by Gasteiger charge is 2.32. The molecule has 0 bridgehead atoms. The van der Waals surface area contributed by atoms with Gasteiger partial charge in [0.15, 0.2) is 0 Å². The molecule has 0 atom stereocenters. The van der Waals surface area contributed by atoms with Crippen LogP contribution in [0.15, 0.2) is 65.3 Å². The molecule has 1 saturated heterocycles. The van der Waals surface area contributed by atoms with Crippen molar-refractivity contribution in [3.05, 3.63) is 66.4 Å². The molecule has 4 aromatic rings. The van der Waals surface area contributed by atoms with Crippen LogP contribution >= 0.6 is 0 Å². The molecule has 5 rings (SSSR count). The standard InChI is InChI=1S/C22H20N6O3/c23-19-18(10-24-28(19)17-4-2-1-3-5-17)21-25-20(26-31-21)15-8-6-14(7-9-15)11-27-12-16(13-27)22(29)30/h1-10,16H,11-13,23H2,(H,29,30). The van der Waals surface area contributed by atoms with Crippen LogP contribution in [-0.2, 0) is 11.3 Å². The lowest BCUT2D eigenvalue weighted by atomic mass is 9.99. The molecule has 0 spiro atoms. The van der Waals surface area contributed by atoms with Gasteiger partial charge in [0.05, 0.1) is 17.8 Å². The van der Waals surface area contributed by atoms with E-state index in [-0.39, 0.29) is 5.92 Å². The number of aliphatic carboxylic acids is 1. The van der Waals surface area contributed by atoms with Crippen molar-refractivity contribution < 1.29 is 14.4 Å². The summed E-state index contributed by atoms with van der Waals surface area (Å²) in [7, 11) is 0. The van der Waals surface area contributed by atoms with Gasteiger partial charge in [0.1, 0.15) is 11.4 Å². The number of para-hydroxylation sites is 1. The fourth-order valence-corrected chi connectivity index (χ4v) is 3.62. The molecule has 2 aromatic carbocycles. The zero-order chi connectivity index (χ0) is 21.4. The van der Waals surface area contributed by atoms with E-state index >= 15 is 0 Å². The molecule has 1 fully saturated rings. The second kappa shape index (κ2) is 7.69. The van der Waals surface area contributed by atoms with Crippen LogP contribution in [0.3, 0.4) is 0 Å². The van der Waals surface area contributed by atoms with E-state index in [9.17, 15) is 4.79 Å². The Morgan fingerprint density at radius 2 is 1.87 bits per heavy atom. The van der Waals surface area contributed by atoms with E-state index in [0.29, 0.717) is 36.2 Å². The number of hydrogen-bond donors (Lipinski definition) is 2. The number of carboxylic acid groups (broad SMARTS) is 1. The van der Waals surface area contributed by atoms with Gasteiger partial charge in [-0.2, -0.15) is 10.1 Å². The maximum atomic E-state index is 10.9. The third-order valence-corrected chi connectivity index (χ3v) is 5.39. The van der Waals surface area contributed by atoms with Crippen molar-refractivity contribution in [2.45, 2.75) is 6.54 Å². The lowest BCUT2D eigenvalue weighted by molar-refractivity contribution is -0.147. The van der Waals surface area contributed by atoms with E-state index < -0.39 is 5.97 Å². The van der Waals surface area contributed by atoms with Crippen molar-refractivity contribution in [3.63, 3.8) is 0 Å². The van der Waals surface area contributed by atoms with E-state index in [0.717, 1.165) is 23.4 Å². The van der Waals surface area contributed by atoms with Crippen molar-refractivity contribution >= 4 is 11.8 Å². The van der Waals surface area contributed by atoms with Crippen molar-refractivity contribution in [1.82, 2.24) is 24.8 Å². The zero-order valence-corrected chi connectivity index (χ0v) is 16.5. The largest absolute Gasteiger partial charge is 0.481 e. The highest BCUT2D eigenvalue weighted by atomic mass is 16.5. The summed E-state index contributed by atoms with van der Waals surface area (Å²) in [6.07, 6.45) is 1.61. The Balaban J connectivity index is 1.30. The fraction of sp³-hybridized carbons (Fsp3) is 0.182. The Kier molecular flexibility index (Phi) is 4.72. The van der Waals surface area contributed by atoms with E-state index in [1.54, 1.807) is 10.9 Å². The molecule has 1 aliphatic heterocycles. The van der Waals surface area contributed by atoms with Gasteiger partial charge in [-0.05, 0) is 17.7 Å². The second-order valence-corrected chi connectivity index (χ2v) is 7.54. The zero-order valence-electron chi connectivity index (χ0n) is 16.5. The Labute approximate surface area is 177 Å². The smallest absolute Gasteiger partial charge is 0.309 e. The average molecular weight is 416 g/mol. The lowest BCUT2D eigenvalue weighted by Crippen LogP contribution is -2.49. The monoisotopic (exact) mass is 416 g/mol. The molecule has 156 valence electrons. The molecule has 1 aliphatic rings. The van der Waals surface area contributed by atoms with Crippen molar-refractivity contribution in [2.24, 2.45) is 5.92 Å². The number of nitrogens with zero attached hydrogens (tertiary/aromatic N) is 5. The van der Waals surface area contributed by atoms with E-state index in [4.69, 9.17) is 15.4 Å². The molecule has 0 amide bonds. The van der Waals surface area contributed by atoms with Crippen molar-refractivity contribution in [2.75, 3.05) is 18.8 Å². The van der Waals surface area contributed by atoms with Gasteiger partial charge in [-0.1, -0.05) is 47.6 Å². The molecular weight excluding hydrogens is 396 g/mol. The Morgan fingerprint density at radius 3 is 2.58 bits per heavy atom.